The van der Waals surface area contributed by atoms with Gasteiger partial charge in [0.1, 0.15) is 0 Å². The SMILES string of the molecule is COc1cncc(C(=O)N2CCOC[C@@]23CCOC3)n1. The Balaban J connectivity index is 1.87. The highest BCUT2D eigenvalue weighted by Gasteiger charge is 2.46. The van der Waals surface area contributed by atoms with E-state index in [1.54, 1.807) is 0 Å². The first kappa shape index (κ1) is 13.3. The molecule has 2 fully saturated rings. The number of rotatable bonds is 2. The van der Waals surface area contributed by atoms with Crippen molar-refractivity contribution in [1.29, 1.82) is 0 Å². The fourth-order valence-electron chi connectivity index (χ4n) is 2.66. The molecule has 1 spiro atoms. The van der Waals surface area contributed by atoms with Gasteiger partial charge in [0.15, 0.2) is 5.69 Å². The maximum absolute atomic E-state index is 12.7. The summed E-state index contributed by atoms with van der Waals surface area (Å²) in [4.78, 5) is 22.7. The Morgan fingerprint density at radius 1 is 1.35 bits per heavy atom. The summed E-state index contributed by atoms with van der Waals surface area (Å²) in [7, 11) is 1.50. The third-order valence-electron chi connectivity index (χ3n) is 3.77. The van der Waals surface area contributed by atoms with Gasteiger partial charge in [-0.25, -0.2) is 4.98 Å². The van der Waals surface area contributed by atoms with Crippen molar-refractivity contribution in [2.24, 2.45) is 0 Å². The van der Waals surface area contributed by atoms with Crippen molar-refractivity contribution in [1.82, 2.24) is 14.9 Å². The number of hydrogen-bond acceptors (Lipinski definition) is 6. The summed E-state index contributed by atoms with van der Waals surface area (Å²) in [6, 6.07) is 0. The number of morpholine rings is 1. The van der Waals surface area contributed by atoms with E-state index in [2.05, 4.69) is 9.97 Å². The average molecular weight is 279 g/mol. The zero-order valence-corrected chi connectivity index (χ0v) is 11.4. The Labute approximate surface area is 116 Å². The van der Waals surface area contributed by atoms with E-state index in [0.29, 0.717) is 38.9 Å². The lowest BCUT2D eigenvalue weighted by Gasteiger charge is -2.43. The Kier molecular flexibility index (Phi) is 3.54. The van der Waals surface area contributed by atoms with E-state index < -0.39 is 0 Å². The van der Waals surface area contributed by atoms with Crippen LogP contribution in [0.3, 0.4) is 0 Å². The molecule has 0 saturated carbocycles. The molecule has 3 rings (SSSR count). The van der Waals surface area contributed by atoms with Crippen molar-refractivity contribution in [3.63, 3.8) is 0 Å². The topological polar surface area (TPSA) is 73.8 Å². The van der Waals surface area contributed by atoms with Crippen molar-refractivity contribution in [2.45, 2.75) is 12.0 Å². The van der Waals surface area contributed by atoms with Gasteiger partial charge in [0.2, 0.25) is 5.88 Å². The second-order valence-electron chi connectivity index (χ2n) is 4.98. The van der Waals surface area contributed by atoms with Crippen LogP contribution in [0.4, 0.5) is 0 Å². The van der Waals surface area contributed by atoms with Crippen molar-refractivity contribution >= 4 is 5.91 Å². The molecule has 2 aliphatic heterocycles. The Hall–Kier alpha value is -1.73. The molecule has 1 atom stereocenters. The second kappa shape index (κ2) is 5.34. The molecule has 20 heavy (non-hydrogen) atoms. The van der Waals surface area contributed by atoms with Crippen LogP contribution in [0, 0.1) is 0 Å². The summed E-state index contributed by atoms with van der Waals surface area (Å²) >= 11 is 0. The minimum Gasteiger partial charge on any atom is -0.480 e. The highest BCUT2D eigenvalue weighted by atomic mass is 16.5. The fourth-order valence-corrected chi connectivity index (χ4v) is 2.66. The summed E-state index contributed by atoms with van der Waals surface area (Å²) in [5.74, 6) is 0.186. The standard InChI is InChI=1S/C13H17N3O4/c1-18-11-7-14-6-10(15-11)12(17)16-3-5-20-9-13(16)2-4-19-8-13/h6-7H,2-5,8-9H2,1H3/t13-/m0/s1. The molecule has 0 unspecified atom stereocenters. The minimum absolute atomic E-state index is 0.148. The van der Waals surface area contributed by atoms with Gasteiger partial charge in [-0.15, -0.1) is 0 Å². The molecule has 0 radical (unpaired) electrons. The molecule has 0 bridgehead atoms. The predicted octanol–water partition coefficient (Wildman–Crippen LogP) is 0.117. The highest BCUT2D eigenvalue weighted by molar-refractivity contribution is 5.92. The van der Waals surface area contributed by atoms with Gasteiger partial charge in [-0.1, -0.05) is 0 Å². The molecule has 3 heterocycles. The summed E-state index contributed by atoms with van der Waals surface area (Å²) in [5, 5.41) is 0. The first-order valence-corrected chi connectivity index (χ1v) is 6.59. The molecule has 2 aliphatic rings. The van der Waals surface area contributed by atoms with Crippen LogP contribution in [0.2, 0.25) is 0 Å². The van der Waals surface area contributed by atoms with Crippen LogP contribution in [-0.4, -0.2) is 66.4 Å². The van der Waals surface area contributed by atoms with E-state index in [4.69, 9.17) is 14.2 Å². The van der Waals surface area contributed by atoms with Gasteiger partial charge in [-0.05, 0) is 6.42 Å². The molecule has 1 amide bonds. The van der Waals surface area contributed by atoms with Crippen molar-refractivity contribution in [3.05, 3.63) is 18.1 Å². The lowest BCUT2D eigenvalue weighted by molar-refractivity contribution is -0.0553. The normalized spacial score (nSPS) is 25.9. The van der Waals surface area contributed by atoms with Gasteiger partial charge in [0, 0.05) is 13.2 Å². The van der Waals surface area contributed by atoms with E-state index in [0.717, 1.165) is 6.42 Å². The van der Waals surface area contributed by atoms with Crippen LogP contribution < -0.4 is 4.74 Å². The van der Waals surface area contributed by atoms with Gasteiger partial charge >= 0.3 is 0 Å². The molecule has 108 valence electrons. The number of methoxy groups -OCH3 is 1. The van der Waals surface area contributed by atoms with Crippen LogP contribution in [0.15, 0.2) is 12.4 Å². The van der Waals surface area contributed by atoms with Gasteiger partial charge in [0.05, 0.1) is 44.9 Å². The van der Waals surface area contributed by atoms with Gasteiger partial charge in [-0.3, -0.25) is 9.78 Å². The van der Waals surface area contributed by atoms with Crippen LogP contribution in [-0.2, 0) is 9.47 Å². The Bertz CT molecular complexity index is 502. The van der Waals surface area contributed by atoms with Crippen LogP contribution in [0.25, 0.3) is 0 Å². The molecule has 1 aromatic rings. The maximum Gasteiger partial charge on any atom is 0.274 e. The molecule has 2 saturated heterocycles. The summed E-state index contributed by atoms with van der Waals surface area (Å²) < 4.78 is 16.0. The monoisotopic (exact) mass is 279 g/mol. The van der Waals surface area contributed by atoms with E-state index >= 15 is 0 Å². The number of ether oxygens (including phenoxy) is 3. The van der Waals surface area contributed by atoms with E-state index in [1.165, 1.54) is 19.5 Å². The Morgan fingerprint density at radius 3 is 2.90 bits per heavy atom. The number of aromatic nitrogens is 2. The van der Waals surface area contributed by atoms with Crippen molar-refractivity contribution < 1.29 is 19.0 Å². The molecular formula is C13H17N3O4. The van der Waals surface area contributed by atoms with Crippen molar-refractivity contribution in [3.8, 4) is 5.88 Å². The smallest absolute Gasteiger partial charge is 0.274 e. The molecule has 7 nitrogen and oxygen atoms in total. The van der Waals surface area contributed by atoms with E-state index in [-0.39, 0.29) is 17.1 Å². The van der Waals surface area contributed by atoms with Gasteiger partial charge in [-0.2, -0.15) is 0 Å². The van der Waals surface area contributed by atoms with E-state index in [1.807, 2.05) is 4.90 Å². The second-order valence-corrected chi connectivity index (χ2v) is 4.98. The summed E-state index contributed by atoms with van der Waals surface area (Å²) in [6.45, 7) is 2.75. The third kappa shape index (κ3) is 2.23. The average Bonchev–Trinajstić information content (AvgIpc) is 2.96. The predicted molar refractivity (Wildman–Crippen MR) is 68.6 cm³/mol. The number of nitrogens with zero attached hydrogens (tertiary/aromatic N) is 3. The molecule has 0 aliphatic carbocycles. The molecule has 1 aromatic heterocycles. The quantitative estimate of drug-likeness (QED) is 0.765. The van der Waals surface area contributed by atoms with Crippen molar-refractivity contribution in [2.75, 3.05) is 40.1 Å². The van der Waals surface area contributed by atoms with Crippen LogP contribution in [0.5, 0.6) is 5.88 Å². The molecule has 0 aromatic carbocycles. The fraction of sp³-hybridized carbons (Fsp3) is 0.615. The number of carbonyl (C=O) groups is 1. The largest absolute Gasteiger partial charge is 0.480 e. The van der Waals surface area contributed by atoms with Gasteiger partial charge in [0.25, 0.3) is 5.91 Å². The molecule has 0 N–H and O–H groups in total. The lowest BCUT2D eigenvalue weighted by Crippen LogP contribution is -2.59. The van der Waals surface area contributed by atoms with Gasteiger partial charge < -0.3 is 19.1 Å². The lowest BCUT2D eigenvalue weighted by atomic mass is 9.95. The Morgan fingerprint density at radius 2 is 2.15 bits per heavy atom. The minimum atomic E-state index is -0.361. The first-order chi connectivity index (χ1) is 9.75. The number of carbonyl (C=O) groups excluding carboxylic acids is 1. The maximum atomic E-state index is 12.7. The zero-order chi connectivity index (χ0) is 14.0. The first-order valence-electron chi connectivity index (χ1n) is 6.59. The molecule has 7 heteroatoms. The van der Waals surface area contributed by atoms with Crippen LogP contribution in [0.1, 0.15) is 16.9 Å². The van der Waals surface area contributed by atoms with E-state index in [9.17, 15) is 4.79 Å². The van der Waals surface area contributed by atoms with Crippen LogP contribution >= 0.6 is 0 Å². The third-order valence-corrected chi connectivity index (χ3v) is 3.77. The molecular weight excluding hydrogens is 262 g/mol. The summed E-state index contributed by atoms with van der Waals surface area (Å²) in [5.41, 5.74) is -0.0716. The highest BCUT2D eigenvalue weighted by Crippen LogP contribution is 2.30. The summed E-state index contributed by atoms with van der Waals surface area (Å²) in [6.07, 6.45) is 3.73. The number of hydrogen-bond donors (Lipinski definition) is 0. The zero-order valence-electron chi connectivity index (χ0n) is 11.4. The number of amides is 1.